The largest absolute Gasteiger partial charge is 0.478 e. The molecule has 0 fully saturated rings. The Kier molecular flexibility index (Phi) is 6.56. The molecule has 0 radical (unpaired) electrons. The second-order valence-electron chi connectivity index (χ2n) is 7.11. The molecule has 4 aromatic heterocycles. The Morgan fingerprint density at radius 1 is 1.16 bits per heavy atom. The van der Waals surface area contributed by atoms with Crippen molar-refractivity contribution in [2.45, 2.75) is 32.2 Å². The number of carbonyl (C=O) groups is 1. The Morgan fingerprint density at radius 2 is 2.06 bits per heavy atom. The lowest BCUT2D eigenvalue weighted by molar-refractivity contribution is -0.129. The Hall–Kier alpha value is -3.99. The Labute approximate surface area is 183 Å². The first-order valence-corrected chi connectivity index (χ1v) is 10.2. The highest BCUT2D eigenvalue weighted by Crippen LogP contribution is 2.27. The second-order valence-corrected chi connectivity index (χ2v) is 7.11. The molecule has 4 aromatic rings. The van der Waals surface area contributed by atoms with Crippen LogP contribution in [0.25, 0.3) is 22.5 Å². The van der Waals surface area contributed by atoms with Crippen LogP contribution in [0.1, 0.15) is 31.4 Å². The molecular weight excluding hydrogens is 414 g/mol. The molecule has 0 aliphatic carbocycles. The summed E-state index contributed by atoms with van der Waals surface area (Å²) in [6, 6.07) is 9.13. The number of nitrogens with two attached hydrogens (primary N) is 1. The lowest BCUT2D eigenvalue weighted by Crippen LogP contribution is -2.17. The van der Waals surface area contributed by atoms with Gasteiger partial charge in [0.15, 0.2) is 11.4 Å². The number of hydrogen-bond acceptors (Lipinski definition) is 9. The van der Waals surface area contributed by atoms with Gasteiger partial charge in [-0.1, -0.05) is 6.07 Å². The van der Waals surface area contributed by atoms with Gasteiger partial charge in [-0.2, -0.15) is 10.1 Å². The maximum atomic E-state index is 11.0. The standard InChI is InChI=1S/C21H23N7O4/c22-21-25-19(16-7-5-11-31-16)15-12-23-28(20(15)26-21)13-14-6-4-9-18(24-14)32-10-3-1-2-8-17(29)27-30/h4-7,9,11-12,30H,1-3,8,10,13H2,(H,27,29)(H2,22,25,26). The number of hydroxylamine groups is 1. The predicted molar refractivity (Wildman–Crippen MR) is 115 cm³/mol. The van der Waals surface area contributed by atoms with Gasteiger partial charge in [0.2, 0.25) is 17.7 Å². The molecule has 4 heterocycles. The van der Waals surface area contributed by atoms with Crippen molar-refractivity contribution in [1.29, 1.82) is 0 Å². The summed E-state index contributed by atoms with van der Waals surface area (Å²) in [5, 5.41) is 13.6. The van der Waals surface area contributed by atoms with Crippen molar-refractivity contribution >= 4 is 22.9 Å². The lowest BCUT2D eigenvalue weighted by Gasteiger charge is -2.08. The van der Waals surface area contributed by atoms with E-state index in [-0.39, 0.29) is 18.3 Å². The fraction of sp³-hybridized carbons (Fsp3) is 0.286. The van der Waals surface area contributed by atoms with Gasteiger partial charge in [-0.25, -0.2) is 20.1 Å². The molecule has 11 nitrogen and oxygen atoms in total. The van der Waals surface area contributed by atoms with Gasteiger partial charge in [0.1, 0.15) is 5.69 Å². The van der Waals surface area contributed by atoms with Crippen LogP contribution < -0.4 is 16.0 Å². The summed E-state index contributed by atoms with van der Waals surface area (Å²) in [5.74, 6) is 0.855. The number of nitrogens with one attached hydrogen (secondary N) is 1. The first kappa shape index (κ1) is 21.2. The number of unbranched alkanes of at least 4 members (excludes halogenated alkanes) is 2. The number of nitrogen functional groups attached to an aromatic ring is 1. The van der Waals surface area contributed by atoms with E-state index in [1.165, 1.54) is 0 Å². The van der Waals surface area contributed by atoms with Crippen molar-refractivity contribution in [1.82, 2.24) is 30.2 Å². The van der Waals surface area contributed by atoms with E-state index in [0.717, 1.165) is 23.9 Å². The van der Waals surface area contributed by atoms with E-state index in [4.69, 9.17) is 20.1 Å². The van der Waals surface area contributed by atoms with Crippen molar-refractivity contribution in [3.8, 4) is 17.3 Å². The monoisotopic (exact) mass is 437 g/mol. The number of pyridine rings is 1. The fourth-order valence-corrected chi connectivity index (χ4v) is 3.27. The first-order chi connectivity index (χ1) is 15.6. The zero-order valence-electron chi connectivity index (χ0n) is 17.3. The Bertz CT molecular complexity index is 1190. The van der Waals surface area contributed by atoms with Crippen LogP contribution in [-0.4, -0.2) is 42.5 Å². The van der Waals surface area contributed by atoms with E-state index in [0.29, 0.717) is 42.6 Å². The van der Waals surface area contributed by atoms with E-state index < -0.39 is 0 Å². The van der Waals surface area contributed by atoms with Crippen LogP contribution in [0, 0.1) is 0 Å². The summed E-state index contributed by atoms with van der Waals surface area (Å²) in [5.41, 5.74) is 9.47. The number of anilines is 1. The van der Waals surface area contributed by atoms with Gasteiger partial charge in [0.05, 0.1) is 36.7 Å². The number of furan rings is 1. The number of ether oxygens (including phenoxy) is 1. The average Bonchev–Trinajstić information content (AvgIpc) is 3.46. The van der Waals surface area contributed by atoms with Crippen LogP contribution in [0.4, 0.5) is 5.95 Å². The molecule has 1 amide bonds. The number of rotatable bonds is 10. The fourth-order valence-electron chi connectivity index (χ4n) is 3.27. The van der Waals surface area contributed by atoms with Crippen LogP contribution in [0.5, 0.6) is 5.88 Å². The Morgan fingerprint density at radius 3 is 2.88 bits per heavy atom. The molecule has 0 bridgehead atoms. The number of fused-ring (bicyclic) bond motifs is 1. The van der Waals surface area contributed by atoms with Crippen molar-refractivity contribution in [3.63, 3.8) is 0 Å². The van der Waals surface area contributed by atoms with Crippen LogP contribution in [0.15, 0.2) is 47.2 Å². The van der Waals surface area contributed by atoms with Crippen LogP contribution in [-0.2, 0) is 11.3 Å². The summed E-state index contributed by atoms with van der Waals surface area (Å²) in [7, 11) is 0. The van der Waals surface area contributed by atoms with E-state index in [1.54, 1.807) is 34.8 Å². The van der Waals surface area contributed by atoms with E-state index >= 15 is 0 Å². The molecular formula is C21H23N7O4. The van der Waals surface area contributed by atoms with Crippen LogP contribution >= 0.6 is 0 Å². The number of amides is 1. The Balaban J connectivity index is 1.41. The molecule has 0 unspecified atom stereocenters. The van der Waals surface area contributed by atoms with Gasteiger partial charge >= 0.3 is 0 Å². The van der Waals surface area contributed by atoms with Gasteiger partial charge in [-0.15, -0.1) is 0 Å². The molecule has 0 saturated heterocycles. The molecule has 0 aliphatic rings. The SMILES string of the molecule is Nc1nc(-c2ccco2)c2cnn(Cc3cccc(OCCCCCC(=O)NO)n3)c2n1. The number of aromatic nitrogens is 5. The molecule has 4 rings (SSSR count). The lowest BCUT2D eigenvalue weighted by atomic mass is 10.2. The highest BCUT2D eigenvalue weighted by atomic mass is 16.5. The van der Waals surface area contributed by atoms with Crippen molar-refractivity contribution in [2.24, 2.45) is 0 Å². The number of nitrogens with zero attached hydrogens (tertiary/aromatic N) is 5. The average molecular weight is 437 g/mol. The minimum atomic E-state index is -0.380. The van der Waals surface area contributed by atoms with E-state index in [2.05, 4.69) is 20.1 Å². The number of hydrogen-bond donors (Lipinski definition) is 3. The molecule has 166 valence electrons. The molecule has 0 aromatic carbocycles. The minimum absolute atomic E-state index is 0.132. The third-order valence-electron chi connectivity index (χ3n) is 4.78. The van der Waals surface area contributed by atoms with Crippen LogP contribution in [0.3, 0.4) is 0 Å². The zero-order chi connectivity index (χ0) is 22.3. The maximum Gasteiger partial charge on any atom is 0.243 e. The normalized spacial score (nSPS) is 11.0. The van der Waals surface area contributed by atoms with Crippen molar-refractivity contribution < 1.29 is 19.2 Å². The van der Waals surface area contributed by atoms with Crippen molar-refractivity contribution in [3.05, 3.63) is 48.5 Å². The molecule has 0 atom stereocenters. The smallest absolute Gasteiger partial charge is 0.243 e. The van der Waals surface area contributed by atoms with E-state index in [9.17, 15) is 4.79 Å². The molecule has 0 spiro atoms. The van der Waals surface area contributed by atoms with E-state index in [1.807, 2.05) is 18.2 Å². The predicted octanol–water partition coefficient (Wildman–Crippen LogP) is 2.56. The summed E-state index contributed by atoms with van der Waals surface area (Å²) >= 11 is 0. The van der Waals surface area contributed by atoms with Gasteiger partial charge in [-0.05, 0) is 37.5 Å². The molecule has 0 saturated carbocycles. The third kappa shape index (κ3) is 5.01. The zero-order valence-corrected chi connectivity index (χ0v) is 17.3. The van der Waals surface area contributed by atoms with Crippen molar-refractivity contribution in [2.75, 3.05) is 12.3 Å². The highest BCUT2D eigenvalue weighted by Gasteiger charge is 2.16. The van der Waals surface area contributed by atoms with Gasteiger partial charge in [0, 0.05) is 12.5 Å². The summed E-state index contributed by atoms with van der Waals surface area (Å²) in [6.07, 6.45) is 5.82. The third-order valence-corrected chi connectivity index (χ3v) is 4.78. The summed E-state index contributed by atoms with van der Waals surface area (Å²) in [4.78, 5) is 24.2. The van der Waals surface area contributed by atoms with Gasteiger partial charge < -0.3 is 14.9 Å². The summed E-state index contributed by atoms with van der Waals surface area (Å²) < 4.78 is 12.9. The van der Waals surface area contributed by atoms with Gasteiger partial charge in [-0.3, -0.25) is 10.0 Å². The second kappa shape index (κ2) is 9.88. The molecule has 0 aliphatic heterocycles. The maximum absolute atomic E-state index is 11.0. The minimum Gasteiger partial charge on any atom is -0.478 e. The highest BCUT2D eigenvalue weighted by molar-refractivity contribution is 5.89. The molecule has 11 heteroatoms. The molecule has 32 heavy (non-hydrogen) atoms. The summed E-state index contributed by atoms with van der Waals surface area (Å²) in [6.45, 7) is 0.864. The number of carbonyl (C=O) groups excluding carboxylic acids is 1. The molecule has 4 N–H and O–H groups in total. The van der Waals surface area contributed by atoms with Gasteiger partial charge in [0.25, 0.3) is 0 Å². The van der Waals surface area contributed by atoms with Crippen LogP contribution in [0.2, 0.25) is 0 Å². The topological polar surface area (TPSA) is 154 Å². The quantitative estimate of drug-likeness (QED) is 0.193. The first-order valence-electron chi connectivity index (χ1n) is 10.2.